The molecule has 0 fully saturated rings. The van der Waals surface area contributed by atoms with E-state index in [1.54, 1.807) is 11.3 Å². The van der Waals surface area contributed by atoms with Crippen molar-refractivity contribution in [3.63, 3.8) is 0 Å². The topological polar surface area (TPSA) is 46.5 Å². The number of halogens is 1. The van der Waals surface area contributed by atoms with Gasteiger partial charge in [0.05, 0.1) is 18.2 Å². The van der Waals surface area contributed by atoms with E-state index in [2.05, 4.69) is 26.2 Å². The van der Waals surface area contributed by atoms with Crippen molar-refractivity contribution in [1.82, 2.24) is 9.47 Å². The number of anilines is 1. The molecule has 0 spiro atoms. The lowest BCUT2D eigenvalue weighted by molar-refractivity contribution is -0.116. The number of amides is 1. The normalized spacial score (nSPS) is 11.7. The molecule has 0 saturated carbocycles. The summed E-state index contributed by atoms with van der Waals surface area (Å²) in [7, 11) is 4.01. The van der Waals surface area contributed by atoms with E-state index in [1.165, 1.54) is 0 Å². The van der Waals surface area contributed by atoms with Gasteiger partial charge in [0.1, 0.15) is 12.4 Å². The van der Waals surface area contributed by atoms with E-state index in [-0.39, 0.29) is 24.4 Å². The van der Waals surface area contributed by atoms with Gasteiger partial charge in [-0.3, -0.25) is 4.79 Å². The Morgan fingerprint density at radius 2 is 1.93 bits per heavy atom. The molecule has 3 aromatic rings. The third kappa shape index (κ3) is 6.12. The maximum atomic E-state index is 12.8. The Morgan fingerprint density at radius 1 is 1.18 bits per heavy atom. The van der Waals surface area contributed by atoms with Gasteiger partial charge in [0, 0.05) is 18.9 Å². The maximum absolute atomic E-state index is 12.8. The lowest BCUT2D eigenvalue weighted by Crippen LogP contribution is -2.21. The van der Waals surface area contributed by atoms with Crippen molar-refractivity contribution in [3.05, 3.63) is 71.2 Å². The van der Waals surface area contributed by atoms with E-state index >= 15 is 0 Å². The summed E-state index contributed by atoms with van der Waals surface area (Å²) >= 11 is 1.64. The summed E-state index contributed by atoms with van der Waals surface area (Å²) < 4.78 is 7.91. The molecule has 7 heteroatoms. The molecule has 2 aromatic heterocycles. The molecular weight excluding hydrogens is 394 g/mol. The molecule has 1 atom stereocenters. The number of ether oxygens (including phenoxy) is 1. The van der Waals surface area contributed by atoms with Gasteiger partial charge < -0.3 is 19.5 Å². The van der Waals surface area contributed by atoms with Gasteiger partial charge in [-0.15, -0.1) is 12.4 Å². The molecular formula is C21H26ClN3O2S. The molecule has 0 bridgehead atoms. The number of carbonyl (C=O) groups is 1. The second-order valence-corrected chi connectivity index (χ2v) is 7.38. The highest BCUT2D eigenvalue weighted by Gasteiger charge is 2.18. The number of likely N-dealkylation sites (N-methyl/N-ethyl adjacent to an activating group) is 1. The van der Waals surface area contributed by atoms with Crippen molar-refractivity contribution in [2.45, 2.75) is 12.5 Å². The zero-order valence-electron chi connectivity index (χ0n) is 16.1. The molecule has 150 valence electrons. The highest BCUT2D eigenvalue weighted by molar-refractivity contribution is 7.08. The molecule has 5 nitrogen and oxygen atoms in total. The quantitative estimate of drug-likeness (QED) is 0.554. The Hall–Kier alpha value is -2.28. The van der Waals surface area contributed by atoms with Crippen LogP contribution in [0.3, 0.4) is 0 Å². The Bertz CT molecular complexity index is 801. The van der Waals surface area contributed by atoms with E-state index < -0.39 is 0 Å². The van der Waals surface area contributed by atoms with Gasteiger partial charge in [-0.25, -0.2) is 0 Å². The molecule has 1 amide bonds. The highest BCUT2D eigenvalue weighted by Crippen LogP contribution is 2.27. The van der Waals surface area contributed by atoms with Crippen LogP contribution >= 0.6 is 23.7 Å². The molecule has 1 unspecified atom stereocenters. The molecule has 0 aliphatic heterocycles. The second-order valence-electron chi connectivity index (χ2n) is 6.60. The van der Waals surface area contributed by atoms with Crippen molar-refractivity contribution in [3.8, 4) is 5.75 Å². The fraction of sp³-hybridized carbons (Fsp3) is 0.286. The van der Waals surface area contributed by atoms with Crippen molar-refractivity contribution >= 4 is 35.3 Å². The van der Waals surface area contributed by atoms with E-state index in [9.17, 15) is 4.79 Å². The molecule has 0 aliphatic rings. The van der Waals surface area contributed by atoms with Crippen LogP contribution in [0, 0.1) is 0 Å². The summed E-state index contributed by atoms with van der Waals surface area (Å²) in [5, 5.41) is 7.15. The first-order valence-corrected chi connectivity index (χ1v) is 9.88. The van der Waals surface area contributed by atoms with Crippen molar-refractivity contribution in [2.75, 3.05) is 32.6 Å². The van der Waals surface area contributed by atoms with Gasteiger partial charge in [-0.1, -0.05) is 12.1 Å². The first-order chi connectivity index (χ1) is 13.1. The number of hydrogen-bond acceptors (Lipinski definition) is 4. The molecule has 0 aliphatic carbocycles. The predicted molar refractivity (Wildman–Crippen MR) is 118 cm³/mol. The average molecular weight is 420 g/mol. The van der Waals surface area contributed by atoms with Gasteiger partial charge in [-0.2, -0.15) is 11.3 Å². The summed E-state index contributed by atoms with van der Waals surface area (Å²) in [6.45, 7) is 1.39. The second kappa shape index (κ2) is 10.9. The number of aromatic nitrogens is 1. The summed E-state index contributed by atoms with van der Waals surface area (Å²) in [4.78, 5) is 14.8. The van der Waals surface area contributed by atoms with Crippen LogP contribution in [0.2, 0.25) is 0 Å². The Labute approximate surface area is 176 Å². The van der Waals surface area contributed by atoms with Crippen LogP contribution in [0.15, 0.2) is 65.6 Å². The minimum atomic E-state index is -0.0384. The first kappa shape index (κ1) is 22.0. The molecule has 1 aromatic carbocycles. The van der Waals surface area contributed by atoms with Crippen LogP contribution in [-0.4, -0.2) is 42.6 Å². The SMILES string of the molecule is CN(C)CCOc1ccccc1NC(=O)CC(c1ccsc1)n1cccc1.Cl. The summed E-state index contributed by atoms with van der Waals surface area (Å²) in [6.07, 6.45) is 4.35. The minimum absolute atomic E-state index is 0. The fourth-order valence-electron chi connectivity index (χ4n) is 2.83. The molecule has 28 heavy (non-hydrogen) atoms. The predicted octanol–water partition coefficient (Wildman–Crippen LogP) is 4.53. The Morgan fingerprint density at radius 3 is 2.61 bits per heavy atom. The smallest absolute Gasteiger partial charge is 0.226 e. The van der Waals surface area contributed by atoms with E-state index in [0.29, 0.717) is 24.5 Å². The summed E-state index contributed by atoms with van der Waals surface area (Å²) in [5.41, 5.74) is 1.85. The average Bonchev–Trinajstić information content (AvgIpc) is 3.35. The first-order valence-electron chi connectivity index (χ1n) is 8.94. The standard InChI is InChI=1S/C21H25N3O2S.ClH/c1-23(2)12-13-26-20-8-4-3-7-18(20)22-21(25)15-19(17-9-14-27-16-17)24-10-5-6-11-24;/h3-11,14,16,19H,12-13,15H2,1-2H3,(H,22,25);1H. The van der Waals surface area contributed by atoms with E-state index in [0.717, 1.165) is 12.1 Å². The van der Waals surface area contributed by atoms with Crippen LogP contribution in [0.5, 0.6) is 5.75 Å². The third-order valence-corrected chi connectivity index (χ3v) is 4.95. The summed E-state index contributed by atoms with van der Waals surface area (Å²) in [5.74, 6) is 0.657. The number of nitrogens with one attached hydrogen (secondary N) is 1. The lowest BCUT2D eigenvalue weighted by Gasteiger charge is -2.19. The van der Waals surface area contributed by atoms with E-state index in [4.69, 9.17) is 4.74 Å². The van der Waals surface area contributed by atoms with Crippen molar-refractivity contribution in [2.24, 2.45) is 0 Å². The van der Waals surface area contributed by atoms with Crippen LogP contribution in [0.1, 0.15) is 18.0 Å². The van der Waals surface area contributed by atoms with Crippen molar-refractivity contribution in [1.29, 1.82) is 0 Å². The largest absolute Gasteiger partial charge is 0.490 e. The van der Waals surface area contributed by atoms with Crippen LogP contribution in [0.25, 0.3) is 0 Å². The minimum Gasteiger partial charge on any atom is -0.490 e. The Kier molecular flexibility index (Phi) is 8.57. The van der Waals surface area contributed by atoms with Gasteiger partial charge in [0.2, 0.25) is 5.91 Å². The van der Waals surface area contributed by atoms with E-state index in [1.807, 2.05) is 68.3 Å². The molecule has 2 heterocycles. The fourth-order valence-corrected chi connectivity index (χ4v) is 3.53. The van der Waals surface area contributed by atoms with Gasteiger partial charge in [-0.05, 0) is 60.8 Å². The van der Waals surface area contributed by atoms with Crippen LogP contribution in [-0.2, 0) is 4.79 Å². The molecule has 0 saturated heterocycles. The van der Waals surface area contributed by atoms with Crippen molar-refractivity contribution < 1.29 is 9.53 Å². The third-order valence-electron chi connectivity index (χ3n) is 4.25. The number of hydrogen-bond donors (Lipinski definition) is 1. The molecule has 1 N–H and O–H groups in total. The van der Waals surface area contributed by atoms with Gasteiger partial charge in [0.15, 0.2) is 0 Å². The highest BCUT2D eigenvalue weighted by atomic mass is 35.5. The monoisotopic (exact) mass is 419 g/mol. The Balaban J connectivity index is 0.00000280. The summed E-state index contributed by atoms with van der Waals surface area (Å²) in [6, 6.07) is 13.6. The number of nitrogens with zero attached hydrogens (tertiary/aromatic N) is 2. The van der Waals surface area contributed by atoms with Gasteiger partial charge in [0.25, 0.3) is 0 Å². The zero-order chi connectivity index (χ0) is 19.1. The van der Waals surface area contributed by atoms with Crippen LogP contribution < -0.4 is 10.1 Å². The maximum Gasteiger partial charge on any atom is 0.226 e. The van der Waals surface area contributed by atoms with Gasteiger partial charge >= 0.3 is 0 Å². The molecule has 3 rings (SSSR count). The number of carbonyl (C=O) groups excluding carboxylic acids is 1. The molecule has 0 radical (unpaired) electrons. The number of rotatable bonds is 9. The lowest BCUT2D eigenvalue weighted by atomic mass is 10.1. The van der Waals surface area contributed by atoms with Crippen LogP contribution in [0.4, 0.5) is 5.69 Å². The number of para-hydroxylation sites is 2. The number of thiophene rings is 1. The number of benzene rings is 1. The zero-order valence-corrected chi connectivity index (χ0v) is 17.7.